The maximum atomic E-state index is 14.0. The van der Waals surface area contributed by atoms with Crippen molar-refractivity contribution in [3.8, 4) is 17.0 Å². The summed E-state index contributed by atoms with van der Waals surface area (Å²) in [6.07, 6.45) is 8.17. The van der Waals surface area contributed by atoms with Gasteiger partial charge in [0, 0.05) is 42.3 Å². The number of benzene rings is 2. The van der Waals surface area contributed by atoms with Gasteiger partial charge in [0.05, 0.1) is 23.3 Å². The van der Waals surface area contributed by atoms with Crippen LogP contribution in [0.4, 0.5) is 0 Å². The van der Waals surface area contributed by atoms with E-state index in [2.05, 4.69) is 23.3 Å². The lowest BCUT2D eigenvalue weighted by molar-refractivity contribution is -0.145. The number of carboxylic acids is 1. The van der Waals surface area contributed by atoms with E-state index in [0.717, 1.165) is 40.6 Å². The second-order valence-corrected chi connectivity index (χ2v) is 13.2. The molecule has 3 heterocycles. The van der Waals surface area contributed by atoms with Crippen LogP contribution in [0, 0.1) is 5.92 Å². The fourth-order valence-electron chi connectivity index (χ4n) is 6.96. The van der Waals surface area contributed by atoms with Gasteiger partial charge in [-0.05, 0) is 43.4 Å². The van der Waals surface area contributed by atoms with Crippen molar-refractivity contribution in [3.05, 3.63) is 78.9 Å². The molecule has 48 heavy (non-hydrogen) atoms. The number of carbonyl (C=O) groups is 3. The topological polar surface area (TPSA) is 141 Å². The highest BCUT2D eigenvalue weighted by Gasteiger charge is 2.61. The number of carboxylic acid groups (broad SMARTS) is 1. The Morgan fingerprint density at radius 3 is 2.75 bits per heavy atom. The third-order valence-corrected chi connectivity index (χ3v) is 9.79. The van der Waals surface area contributed by atoms with E-state index in [4.69, 9.17) is 9.72 Å². The van der Waals surface area contributed by atoms with Crippen molar-refractivity contribution in [1.29, 1.82) is 0 Å². The zero-order valence-corrected chi connectivity index (χ0v) is 27.3. The van der Waals surface area contributed by atoms with Gasteiger partial charge in [-0.3, -0.25) is 14.5 Å². The summed E-state index contributed by atoms with van der Waals surface area (Å²) in [7, 11) is 0. The summed E-state index contributed by atoms with van der Waals surface area (Å²) in [5, 5.41) is 28.5. The van der Waals surface area contributed by atoms with Gasteiger partial charge in [0.1, 0.15) is 23.6 Å². The first kappa shape index (κ1) is 33.4. The monoisotopic (exact) mass is 652 g/mol. The first-order valence-electron chi connectivity index (χ1n) is 17.0. The molecule has 2 aliphatic heterocycles. The second-order valence-electron chi connectivity index (χ2n) is 13.2. The van der Waals surface area contributed by atoms with Crippen molar-refractivity contribution in [1.82, 2.24) is 20.5 Å². The van der Waals surface area contributed by atoms with E-state index in [1.807, 2.05) is 67.6 Å². The number of aliphatic hydroxyl groups excluding tert-OH is 1. The zero-order valence-electron chi connectivity index (χ0n) is 27.3. The second kappa shape index (κ2) is 14.3. The van der Waals surface area contributed by atoms with Crippen molar-refractivity contribution in [2.45, 2.75) is 88.2 Å². The molecule has 4 N–H and O–H groups in total. The predicted molar refractivity (Wildman–Crippen MR) is 184 cm³/mol. The van der Waals surface area contributed by atoms with Crippen LogP contribution in [0.25, 0.3) is 28.2 Å². The van der Waals surface area contributed by atoms with E-state index < -0.39 is 41.8 Å². The minimum absolute atomic E-state index is 0.161. The molecule has 0 radical (unpaired) electrons. The molecule has 10 nitrogen and oxygen atoms in total. The maximum absolute atomic E-state index is 14.0. The summed E-state index contributed by atoms with van der Waals surface area (Å²) in [6.45, 7) is 5.97. The number of rotatable bonds is 8. The van der Waals surface area contributed by atoms with Crippen LogP contribution in [0.1, 0.15) is 63.9 Å². The number of nitrogens with one attached hydrogen (secondary N) is 2. The molecule has 1 aliphatic carbocycles. The Morgan fingerprint density at radius 2 is 2.02 bits per heavy atom. The smallest absolute Gasteiger partial charge is 0.330 e. The standard InChI is InChI=1S/C38H44N4O6/c1-3-5-15-30-36(45)42-23-27(20-32(42)35(44)41-38(37(46)47)22-26(38)4-2)48-33-21-31(25-13-9-7-10-14-25)39-29-18-17-24(19-28(29)33)12-8-6-11-16-34(43)40-30/h4,7-10,12-14,17-19,21,26-27,30,32,36,45H,2-3,5-6,11,15-16,20,22-23H2,1H3,(H,40,43)(H,41,44)(H,46,47)/b12-8+/t26-,27-,30+,32+,36?,38-/m1/s1. The average molecular weight is 653 g/mol. The number of aromatic nitrogens is 1. The third kappa shape index (κ3) is 7.00. The first-order valence-corrected chi connectivity index (χ1v) is 17.0. The SMILES string of the molecule is C=C[C@@H]1C[C@]1(NC(=O)[C@@H]1C[C@@H]2CN1C(O)[C@H](CCCC)NC(=O)CCC/C=C/c1ccc3nc(-c4ccccc4)cc(c3c1)O2)C(=O)O. The molecule has 2 fully saturated rings. The minimum atomic E-state index is -1.42. The van der Waals surface area contributed by atoms with E-state index in [-0.39, 0.29) is 31.2 Å². The van der Waals surface area contributed by atoms with Gasteiger partial charge in [-0.1, -0.05) is 74.4 Å². The molecule has 3 aromatic rings. The van der Waals surface area contributed by atoms with Crippen molar-refractivity contribution in [3.63, 3.8) is 0 Å². The molecule has 2 amide bonds. The fraction of sp³-hybridized carbons (Fsp3) is 0.421. The van der Waals surface area contributed by atoms with Gasteiger partial charge in [0.15, 0.2) is 0 Å². The van der Waals surface area contributed by atoms with Crippen LogP contribution in [-0.2, 0) is 14.4 Å². The van der Waals surface area contributed by atoms with Crippen molar-refractivity contribution < 1.29 is 29.3 Å². The van der Waals surface area contributed by atoms with Gasteiger partial charge >= 0.3 is 5.97 Å². The molecule has 4 bridgehead atoms. The minimum Gasteiger partial charge on any atom is -0.488 e. The third-order valence-electron chi connectivity index (χ3n) is 9.79. The average Bonchev–Trinajstić information content (AvgIpc) is 3.65. The molecule has 6 rings (SSSR count). The summed E-state index contributed by atoms with van der Waals surface area (Å²) in [5.74, 6) is -1.56. The molecule has 0 spiro atoms. The quantitative estimate of drug-likeness (QED) is 0.248. The van der Waals surface area contributed by atoms with Crippen molar-refractivity contribution in [2.24, 2.45) is 5.92 Å². The molecule has 3 aliphatic rings. The number of hydrogen-bond acceptors (Lipinski definition) is 7. The number of allylic oxidation sites excluding steroid dienone is 1. The number of aliphatic carboxylic acids is 1. The highest BCUT2D eigenvalue weighted by Crippen LogP contribution is 2.45. The predicted octanol–water partition coefficient (Wildman–Crippen LogP) is 5.06. The number of nitrogens with zero attached hydrogens (tertiary/aromatic N) is 2. The Balaban J connectivity index is 1.40. The van der Waals surface area contributed by atoms with E-state index in [9.17, 15) is 24.6 Å². The Hall–Kier alpha value is -4.54. The van der Waals surface area contributed by atoms with Crippen LogP contribution in [0.15, 0.2) is 73.3 Å². The van der Waals surface area contributed by atoms with Crippen LogP contribution in [0.3, 0.4) is 0 Å². The Labute approximate surface area is 280 Å². The number of unbranched alkanes of at least 4 members (excludes halogenated alkanes) is 1. The van der Waals surface area contributed by atoms with Gasteiger partial charge in [-0.25, -0.2) is 9.78 Å². The Bertz CT molecular complexity index is 1710. The van der Waals surface area contributed by atoms with E-state index >= 15 is 0 Å². The molecule has 1 saturated carbocycles. The Morgan fingerprint density at radius 1 is 1.21 bits per heavy atom. The summed E-state index contributed by atoms with van der Waals surface area (Å²) in [6, 6.07) is 16.2. The summed E-state index contributed by atoms with van der Waals surface area (Å²) >= 11 is 0. The molecule has 2 unspecified atom stereocenters. The van der Waals surface area contributed by atoms with Crippen LogP contribution < -0.4 is 15.4 Å². The Kier molecular flexibility index (Phi) is 9.93. The molecule has 10 heteroatoms. The normalized spacial score (nSPS) is 29.3. The number of amides is 2. The summed E-state index contributed by atoms with van der Waals surface area (Å²) in [4.78, 5) is 45.9. The number of fused-ring (bicyclic) bond motifs is 3. The van der Waals surface area contributed by atoms with Crippen LogP contribution in [-0.4, -0.2) is 74.4 Å². The van der Waals surface area contributed by atoms with Gasteiger partial charge < -0.3 is 25.6 Å². The zero-order chi connectivity index (χ0) is 33.8. The van der Waals surface area contributed by atoms with Gasteiger partial charge in [0.25, 0.3) is 0 Å². The lowest BCUT2D eigenvalue weighted by Crippen LogP contribution is -2.58. The fourth-order valence-corrected chi connectivity index (χ4v) is 6.96. The molecule has 2 aromatic carbocycles. The van der Waals surface area contributed by atoms with Crippen molar-refractivity contribution in [2.75, 3.05) is 6.54 Å². The summed E-state index contributed by atoms with van der Waals surface area (Å²) in [5.41, 5.74) is 1.98. The maximum Gasteiger partial charge on any atom is 0.330 e. The highest BCUT2D eigenvalue weighted by atomic mass is 16.5. The number of aliphatic hydroxyl groups is 1. The lowest BCUT2D eigenvalue weighted by atomic mass is 10.0. The van der Waals surface area contributed by atoms with E-state index in [1.165, 1.54) is 0 Å². The molecule has 1 aromatic heterocycles. The summed E-state index contributed by atoms with van der Waals surface area (Å²) < 4.78 is 6.74. The van der Waals surface area contributed by atoms with Crippen LogP contribution in [0.5, 0.6) is 5.75 Å². The van der Waals surface area contributed by atoms with Gasteiger partial charge in [-0.2, -0.15) is 0 Å². The molecule has 1 saturated heterocycles. The first-order chi connectivity index (χ1) is 23.2. The molecular formula is C38H44N4O6. The van der Waals surface area contributed by atoms with E-state index in [0.29, 0.717) is 31.4 Å². The molecular weight excluding hydrogens is 608 g/mol. The molecule has 7 atom stereocenters. The van der Waals surface area contributed by atoms with Gasteiger partial charge in [-0.15, -0.1) is 6.58 Å². The highest BCUT2D eigenvalue weighted by molar-refractivity contribution is 5.93. The number of ether oxygens (including phenoxy) is 1. The lowest BCUT2D eigenvalue weighted by Gasteiger charge is -2.34. The van der Waals surface area contributed by atoms with E-state index in [1.54, 1.807) is 11.0 Å². The number of carbonyl (C=O) groups excluding carboxylic acids is 2. The largest absolute Gasteiger partial charge is 0.488 e. The van der Waals surface area contributed by atoms with Crippen LogP contribution >= 0.6 is 0 Å². The van der Waals surface area contributed by atoms with Crippen LogP contribution in [0.2, 0.25) is 0 Å². The van der Waals surface area contributed by atoms with Gasteiger partial charge in [0.2, 0.25) is 11.8 Å². The number of pyridine rings is 1. The molecule has 252 valence electrons. The number of hydrogen-bond donors (Lipinski definition) is 4. The van der Waals surface area contributed by atoms with Crippen molar-refractivity contribution >= 4 is 34.8 Å².